The molecule has 1 rings (SSSR count). The highest BCUT2D eigenvalue weighted by molar-refractivity contribution is 6.42. The molecule has 0 N–H and O–H groups in total. The van der Waals surface area contributed by atoms with Crippen molar-refractivity contribution in [3.63, 3.8) is 0 Å². The molecule has 3 heteroatoms. The number of allylic oxidation sites excluding steroid dienone is 1. The number of carbonyl (C=O) groups excluding carboxylic acids is 1. The fourth-order valence-corrected chi connectivity index (χ4v) is 1.52. The third-order valence-electron chi connectivity index (χ3n) is 1.79. The van der Waals surface area contributed by atoms with Crippen molar-refractivity contribution in [1.29, 1.82) is 0 Å². The molecule has 0 aliphatic heterocycles. The normalized spacial score (nSPS) is 9.86. The highest BCUT2D eigenvalue weighted by atomic mass is 35.5. The van der Waals surface area contributed by atoms with Crippen LogP contribution < -0.4 is 0 Å². The van der Waals surface area contributed by atoms with Gasteiger partial charge >= 0.3 is 0 Å². The Morgan fingerprint density at radius 3 is 2.79 bits per heavy atom. The molecule has 0 heterocycles. The summed E-state index contributed by atoms with van der Waals surface area (Å²) in [6.07, 6.45) is 2.26. The van der Waals surface area contributed by atoms with Crippen LogP contribution in [0.3, 0.4) is 0 Å². The number of Topliss-reactive ketones (excluding diaryl/α,β-unsaturated/α-hetero) is 1. The highest BCUT2D eigenvalue weighted by Gasteiger charge is 2.07. The lowest BCUT2D eigenvalue weighted by molar-refractivity contribution is -0.117. The third-order valence-corrected chi connectivity index (χ3v) is 2.65. The van der Waals surface area contributed by atoms with E-state index >= 15 is 0 Å². The number of carbonyl (C=O) groups is 1. The number of hydrogen-bond donors (Lipinski definition) is 0. The van der Waals surface area contributed by atoms with Crippen LogP contribution in [0.2, 0.25) is 10.0 Å². The van der Waals surface area contributed by atoms with E-state index in [-0.39, 0.29) is 5.78 Å². The van der Waals surface area contributed by atoms with E-state index in [4.69, 9.17) is 23.2 Å². The van der Waals surface area contributed by atoms with Gasteiger partial charge < -0.3 is 0 Å². The van der Waals surface area contributed by atoms with Gasteiger partial charge in [0, 0.05) is 12.8 Å². The van der Waals surface area contributed by atoms with Crippen molar-refractivity contribution in [3.8, 4) is 0 Å². The fourth-order valence-electron chi connectivity index (χ4n) is 1.13. The number of rotatable bonds is 4. The van der Waals surface area contributed by atoms with Gasteiger partial charge in [-0.25, -0.2) is 0 Å². The molecule has 0 aliphatic rings. The Morgan fingerprint density at radius 1 is 1.43 bits per heavy atom. The smallest absolute Gasteiger partial charge is 0.141 e. The van der Waals surface area contributed by atoms with Crippen LogP contribution in [0.25, 0.3) is 0 Å². The second-order valence-corrected chi connectivity index (χ2v) is 3.71. The van der Waals surface area contributed by atoms with E-state index in [0.717, 1.165) is 5.56 Å². The Morgan fingerprint density at radius 2 is 2.14 bits per heavy atom. The van der Waals surface area contributed by atoms with Crippen LogP contribution in [-0.4, -0.2) is 5.78 Å². The summed E-state index contributed by atoms with van der Waals surface area (Å²) in [5.74, 6) is 0.0872. The van der Waals surface area contributed by atoms with Gasteiger partial charge in [0.15, 0.2) is 0 Å². The largest absolute Gasteiger partial charge is 0.299 e. The number of halogens is 2. The molecule has 1 aromatic carbocycles. The van der Waals surface area contributed by atoms with Crippen LogP contribution in [0.5, 0.6) is 0 Å². The molecule has 0 aliphatic carbocycles. The zero-order chi connectivity index (χ0) is 10.6. The van der Waals surface area contributed by atoms with Gasteiger partial charge in [-0.2, -0.15) is 0 Å². The molecule has 74 valence electrons. The quantitative estimate of drug-likeness (QED) is 0.719. The molecular weight excluding hydrogens is 219 g/mol. The molecule has 0 atom stereocenters. The van der Waals surface area contributed by atoms with Crippen molar-refractivity contribution in [2.45, 2.75) is 12.8 Å². The molecule has 0 unspecified atom stereocenters. The molecule has 1 nitrogen and oxygen atoms in total. The van der Waals surface area contributed by atoms with Crippen LogP contribution in [0.1, 0.15) is 12.0 Å². The Balaban J connectivity index is 2.81. The summed E-state index contributed by atoms with van der Waals surface area (Å²) in [4.78, 5) is 11.3. The van der Waals surface area contributed by atoms with Crippen molar-refractivity contribution < 1.29 is 4.79 Å². The van der Waals surface area contributed by atoms with E-state index in [9.17, 15) is 4.79 Å². The summed E-state index contributed by atoms with van der Waals surface area (Å²) in [5.41, 5.74) is 0.769. The van der Waals surface area contributed by atoms with Gasteiger partial charge in [-0.05, 0) is 11.6 Å². The standard InChI is InChI=1S/C11H10Cl2O/c1-2-4-9(14)7-8-5-3-6-10(12)11(8)13/h2-3,5-6H,1,4,7H2. The highest BCUT2D eigenvalue weighted by Crippen LogP contribution is 2.26. The van der Waals surface area contributed by atoms with Crippen LogP contribution in [-0.2, 0) is 11.2 Å². The first-order valence-electron chi connectivity index (χ1n) is 4.20. The molecule has 0 saturated carbocycles. The molecule has 0 amide bonds. The molecule has 0 aromatic heterocycles. The molecule has 0 fully saturated rings. The Labute approximate surface area is 93.3 Å². The first-order valence-corrected chi connectivity index (χ1v) is 4.96. The van der Waals surface area contributed by atoms with Crippen LogP contribution in [0.15, 0.2) is 30.9 Å². The predicted octanol–water partition coefficient (Wildman–Crippen LogP) is 3.68. The lowest BCUT2D eigenvalue weighted by Gasteiger charge is -2.03. The second-order valence-electron chi connectivity index (χ2n) is 2.92. The minimum absolute atomic E-state index is 0.0872. The topological polar surface area (TPSA) is 17.1 Å². The molecule has 0 saturated heterocycles. The summed E-state index contributed by atoms with van der Waals surface area (Å²) >= 11 is 11.7. The Hall–Kier alpha value is -0.790. The van der Waals surface area contributed by atoms with E-state index in [1.807, 2.05) is 0 Å². The lowest BCUT2D eigenvalue weighted by atomic mass is 10.1. The van der Waals surface area contributed by atoms with Gasteiger partial charge in [-0.3, -0.25) is 4.79 Å². The molecule has 0 radical (unpaired) electrons. The summed E-state index contributed by atoms with van der Waals surface area (Å²) in [7, 11) is 0. The van der Waals surface area contributed by atoms with Crippen molar-refractivity contribution in [2.24, 2.45) is 0 Å². The molecular formula is C11H10Cl2O. The minimum Gasteiger partial charge on any atom is -0.299 e. The van der Waals surface area contributed by atoms with Crippen LogP contribution in [0, 0.1) is 0 Å². The number of ketones is 1. The van der Waals surface area contributed by atoms with Crippen molar-refractivity contribution in [1.82, 2.24) is 0 Å². The first kappa shape index (κ1) is 11.3. The summed E-state index contributed by atoms with van der Waals surface area (Å²) in [5, 5.41) is 0.946. The van der Waals surface area contributed by atoms with Crippen LogP contribution in [0.4, 0.5) is 0 Å². The summed E-state index contributed by atoms with van der Waals surface area (Å²) < 4.78 is 0. The van der Waals surface area contributed by atoms with Gasteiger partial charge in [-0.15, -0.1) is 6.58 Å². The third kappa shape index (κ3) is 2.86. The molecule has 0 bridgehead atoms. The summed E-state index contributed by atoms with van der Waals surface area (Å²) in [6.45, 7) is 3.50. The SMILES string of the molecule is C=CCC(=O)Cc1cccc(Cl)c1Cl. The van der Waals surface area contributed by atoms with Gasteiger partial charge in [-0.1, -0.05) is 41.4 Å². The van der Waals surface area contributed by atoms with E-state index in [2.05, 4.69) is 6.58 Å². The van der Waals surface area contributed by atoms with Gasteiger partial charge in [0.05, 0.1) is 10.0 Å². The van der Waals surface area contributed by atoms with E-state index < -0.39 is 0 Å². The van der Waals surface area contributed by atoms with E-state index in [1.54, 1.807) is 24.3 Å². The first-order chi connectivity index (χ1) is 6.65. The van der Waals surface area contributed by atoms with Gasteiger partial charge in [0.25, 0.3) is 0 Å². The minimum atomic E-state index is 0.0872. The van der Waals surface area contributed by atoms with Gasteiger partial charge in [0.2, 0.25) is 0 Å². The average Bonchev–Trinajstić information content (AvgIpc) is 2.13. The van der Waals surface area contributed by atoms with E-state index in [0.29, 0.717) is 22.9 Å². The number of benzene rings is 1. The molecule has 14 heavy (non-hydrogen) atoms. The Kier molecular flexibility index (Phi) is 4.18. The zero-order valence-corrected chi connectivity index (χ0v) is 9.11. The maximum atomic E-state index is 11.3. The summed E-state index contributed by atoms with van der Waals surface area (Å²) in [6, 6.07) is 5.28. The Bertz CT molecular complexity index is 358. The monoisotopic (exact) mass is 228 g/mol. The van der Waals surface area contributed by atoms with Crippen molar-refractivity contribution in [2.75, 3.05) is 0 Å². The number of hydrogen-bond acceptors (Lipinski definition) is 1. The zero-order valence-electron chi connectivity index (χ0n) is 7.59. The molecule has 0 spiro atoms. The average molecular weight is 229 g/mol. The maximum absolute atomic E-state index is 11.3. The second kappa shape index (κ2) is 5.18. The fraction of sp³-hybridized carbons (Fsp3) is 0.182. The lowest BCUT2D eigenvalue weighted by Crippen LogP contribution is -2.01. The van der Waals surface area contributed by atoms with Crippen LogP contribution >= 0.6 is 23.2 Å². The predicted molar refractivity (Wildman–Crippen MR) is 60.0 cm³/mol. The van der Waals surface area contributed by atoms with Gasteiger partial charge in [0.1, 0.15) is 5.78 Å². The maximum Gasteiger partial charge on any atom is 0.141 e. The van der Waals surface area contributed by atoms with Crippen molar-refractivity contribution in [3.05, 3.63) is 46.5 Å². The molecule has 1 aromatic rings. The van der Waals surface area contributed by atoms with E-state index in [1.165, 1.54) is 0 Å². The van der Waals surface area contributed by atoms with Crippen molar-refractivity contribution >= 4 is 29.0 Å².